The third kappa shape index (κ3) is 4.88. The number of hydrogen-bond acceptors (Lipinski definition) is 4. The molecule has 0 atom stereocenters. The Morgan fingerprint density at radius 3 is 2.00 bits per heavy atom. The zero-order valence-corrected chi connectivity index (χ0v) is 13.1. The molecule has 1 rings (SSSR count). The zero-order chi connectivity index (χ0) is 14.3. The molecule has 0 aromatic carbocycles. The monoisotopic (exact) mass is 264 g/mol. The second-order valence-corrected chi connectivity index (χ2v) is 5.06. The Hall–Kier alpha value is -1.00. The topological polar surface area (TPSA) is 41.1 Å². The van der Waals surface area contributed by atoms with Crippen LogP contribution >= 0.6 is 0 Å². The lowest BCUT2D eigenvalue weighted by Gasteiger charge is -2.16. The van der Waals surface area contributed by atoms with Crippen molar-refractivity contribution >= 4 is 0 Å². The second-order valence-electron chi connectivity index (χ2n) is 5.06. The fourth-order valence-electron chi connectivity index (χ4n) is 2.26. The van der Waals surface area contributed by atoms with E-state index in [1.807, 2.05) is 0 Å². The van der Waals surface area contributed by atoms with Gasteiger partial charge in [0.15, 0.2) is 0 Å². The Balaban J connectivity index is 2.99. The van der Waals surface area contributed by atoms with E-state index in [0.717, 1.165) is 44.7 Å². The normalized spacial score (nSPS) is 11.3. The fraction of sp³-hybridized carbons (Fsp3) is 0.733. The van der Waals surface area contributed by atoms with Crippen LogP contribution in [0.1, 0.15) is 43.5 Å². The molecule has 0 saturated carbocycles. The maximum atomic E-state index is 4.74. The minimum absolute atomic E-state index is 0.813. The molecule has 1 aromatic rings. The molecule has 4 heteroatoms. The Morgan fingerprint density at radius 1 is 1.00 bits per heavy atom. The van der Waals surface area contributed by atoms with E-state index >= 15 is 0 Å². The zero-order valence-electron chi connectivity index (χ0n) is 13.1. The van der Waals surface area contributed by atoms with Gasteiger partial charge in [-0.2, -0.15) is 0 Å². The van der Waals surface area contributed by atoms with Crippen LogP contribution in [0, 0.1) is 0 Å². The molecule has 19 heavy (non-hydrogen) atoms. The average molecular weight is 264 g/mol. The van der Waals surface area contributed by atoms with Gasteiger partial charge in [0.25, 0.3) is 0 Å². The molecule has 0 fully saturated rings. The first kappa shape index (κ1) is 16.1. The molecule has 0 bridgehead atoms. The molecule has 4 nitrogen and oxygen atoms in total. The van der Waals surface area contributed by atoms with Gasteiger partial charge in [0.2, 0.25) is 0 Å². The van der Waals surface area contributed by atoms with Crippen LogP contribution in [0.15, 0.2) is 0 Å². The van der Waals surface area contributed by atoms with Crippen LogP contribution in [0.5, 0.6) is 0 Å². The highest BCUT2D eigenvalue weighted by atomic mass is 15.1. The molecule has 0 unspecified atom stereocenters. The predicted molar refractivity (Wildman–Crippen MR) is 80.4 cm³/mol. The van der Waals surface area contributed by atoms with Gasteiger partial charge in [0, 0.05) is 11.4 Å². The van der Waals surface area contributed by atoms with Gasteiger partial charge in [-0.15, -0.1) is 0 Å². The Kier molecular flexibility index (Phi) is 6.95. The summed E-state index contributed by atoms with van der Waals surface area (Å²) in [6.45, 7) is 9.33. The van der Waals surface area contributed by atoms with Gasteiger partial charge in [-0.25, -0.2) is 9.97 Å². The molecule has 0 aliphatic heterocycles. The molecular weight excluding hydrogens is 236 g/mol. The fourth-order valence-corrected chi connectivity index (χ4v) is 2.26. The molecule has 0 saturated heterocycles. The van der Waals surface area contributed by atoms with Gasteiger partial charge < -0.3 is 10.2 Å². The first-order valence-electron chi connectivity index (χ1n) is 7.35. The van der Waals surface area contributed by atoms with Crippen molar-refractivity contribution in [3.05, 3.63) is 22.8 Å². The summed E-state index contributed by atoms with van der Waals surface area (Å²) in [5.74, 6) is 0.950. The number of nitrogens with zero attached hydrogens (tertiary/aromatic N) is 3. The molecule has 0 aliphatic carbocycles. The van der Waals surface area contributed by atoms with E-state index in [-0.39, 0.29) is 0 Å². The third-order valence-electron chi connectivity index (χ3n) is 3.15. The number of rotatable bonds is 8. The summed E-state index contributed by atoms with van der Waals surface area (Å²) in [6.07, 6.45) is 3.00. The van der Waals surface area contributed by atoms with Crippen LogP contribution in [0.4, 0.5) is 0 Å². The molecular formula is C15H28N4. The number of nitrogens with one attached hydrogen (secondary N) is 1. The number of likely N-dealkylation sites (N-methyl/N-ethyl adjacent to an activating group) is 1. The second kappa shape index (κ2) is 8.23. The van der Waals surface area contributed by atoms with E-state index in [1.54, 1.807) is 0 Å². The Bertz CT molecular complexity index is 363. The summed E-state index contributed by atoms with van der Waals surface area (Å²) in [4.78, 5) is 11.6. The minimum Gasteiger partial charge on any atom is -0.317 e. The Labute approximate surface area is 117 Å². The van der Waals surface area contributed by atoms with Crippen molar-refractivity contribution in [2.75, 3.05) is 27.2 Å². The van der Waals surface area contributed by atoms with Crippen LogP contribution < -0.4 is 5.32 Å². The van der Waals surface area contributed by atoms with Crippen molar-refractivity contribution in [2.24, 2.45) is 0 Å². The molecule has 0 spiro atoms. The standard InChI is InChI=1S/C15H28N4/c1-6-13-12(9-10-16-8-3)14(7-2)18-15(17-13)11-19(4)5/h16H,6-11H2,1-5H3. The molecule has 1 aromatic heterocycles. The highest BCUT2D eigenvalue weighted by molar-refractivity contribution is 5.27. The molecule has 1 heterocycles. The van der Waals surface area contributed by atoms with Crippen molar-refractivity contribution in [1.29, 1.82) is 0 Å². The van der Waals surface area contributed by atoms with Crippen molar-refractivity contribution in [3.63, 3.8) is 0 Å². The summed E-state index contributed by atoms with van der Waals surface area (Å²) in [5, 5.41) is 3.38. The van der Waals surface area contributed by atoms with Crippen molar-refractivity contribution < 1.29 is 0 Å². The largest absolute Gasteiger partial charge is 0.317 e. The van der Waals surface area contributed by atoms with Gasteiger partial charge in [0.05, 0.1) is 6.54 Å². The first-order valence-corrected chi connectivity index (χ1v) is 7.35. The van der Waals surface area contributed by atoms with Gasteiger partial charge in [-0.3, -0.25) is 0 Å². The molecule has 108 valence electrons. The lowest BCUT2D eigenvalue weighted by atomic mass is 10.0. The SMILES string of the molecule is CCNCCc1c(CC)nc(CN(C)C)nc1CC. The van der Waals surface area contributed by atoms with E-state index < -0.39 is 0 Å². The van der Waals surface area contributed by atoms with Gasteiger partial charge in [-0.05, 0) is 52.0 Å². The summed E-state index contributed by atoms with van der Waals surface area (Å²) in [5.41, 5.74) is 3.80. The van der Waals surface area contributed by atoms with E-state index in [1.165, 1.54) is 17.0 Å². The van der Waals surface area contributed by atoms with E-state index in [4.69, 9.17) is 9.97 Å². The quantitative estimate of drug-likeness (QED) is 0.727. The van der Waals surface area contributed by atoms with Gasteiger partial charge in [0.1, 0.15) is 5.82 Å². The molecule has 0 radical (unpaired) electrons. The molecule has 0 amide bonds. The maximum absolute atomic E-state index is 4.74. The van der Waals surface area contributed by atoms with Gasteiger partial charge >= 0.3 is 0 Å². The maximum Gasteiger partial charge on any atom is 0.142 e. The van der Waals surface area contributed by atoms with Crippen LogP contribution in [0.3, 0.4) is 0 Å². The average Bonchev–Trinajstić information content (AvgIpc) is 2.38. The van der Waals surface area contributed by atoms with Crippen molar-refractivity contribution in [1.82, 2.24) is 20.2 Å². The van der Waals surface area contributed by atoms with E-state index in [2.05, 4.69) is 45.1 Å². The van der Waals surface area contributed by atoms with Crippen molar-refractivity contribution in [3.8, 4) is 0 Å². The first-order chi connectivity index (χ1) is 9.12. The molecule has 0 aliphatic rings. The minimum atomic E-state index is 0.813. The number of aromatic nitrogens is 2. The molecule has 1 N–H and O–H groups in total. The predicted octanol–water partition coefficient (Wildman–Crippen LogP) is 1.81. The number of hydrogen-bond donors (Lipinski definition) is 1. The summed E-state index contributed by atoms with van der Waals surface area (Å²) in [7, 11) is 4.11. The Morgan fingerprint density at radius 2 is 1.58 bits per heavy atom. The van der Waals surface area contributed by atoms with E-state index in [9.17, 15) is 0 Å². The summed E-state index contributed by atoms with van der Waals surface area (Å²) < 4.78 is 0. The smallest absolute Gasteiger partial charge is 0.142 e. The highest BCUT2D eigenvalue weighted by Gasteiger charge is 2.12. The van der Waals surface area contributed by atoms with Crippen LogP contribution in [0.25, 0.3) is 0 Å². The third-order valence-corrected chi connectivity index (χ3v) is 3.15. The van der Waals surface area contributed by atoms with Crippen molar-refractivity contribution in [2.45, 2.75) is 46.6 Å². The van der Waals surface area contributed by atoms with Crippen LogP contribution in [-0.4, -0.2) is 42.1 Å². The van der Waals surface area contributed by atoms with E-state index in [0.29, 0.717) is 0 Å². The summed E-state index contributed by atoms with van der Waals surface area (Å²) in [6, 6.07) is 0. The lowest BCUT2D eigenvalue weighted by molar-refractivity contribution is 0.388. The van der Waals surface area contributed by atoms with Crippen LogP contribution in [0.2, 0.25) is 0 Å². The lowest BCUT2D eigenvalue weighted by Crippen LogP contribution is -2.20. The number of aryl methyl sites for hydroxylation is 2. The van der Waals surface area contributed by atoms with Crippen LogP contribution in [-0.2, 0) is 25.8 Å². The highest BCUT2D eigenvalue weighted by Crippen LogP contribution is 2.14. The summed E-state index contributed by atoms with van der Waals surface area (Å²) >= 11 is 0. The van der Waals surface area contributed by atoms with Gasteiger partial charge in [-0.1, -0.05) is 20.8 Å².